The minimum Gasteiger partial charge on any atom is -0.334 e. The highest BCUT2D eigenvalue weighted by molar-refractivity contribution is 5.74. The quantitative estimate of drug-likeness (QED) is 0.708. The van der Waals surface area contributed by atoms with E-state index in [4.69, 9.17) is 4.52 Å². The lowest BCUT2D eigenvalue weighted by atomic mass is 9.95. The first-order valence-corrected chi connectivity index (χ1v) is 10.1. The Balaban J connectivity index is 1.30. The van der Waals surface area contributed by atoms with Crippen LogP contribution in [-0.4, -0.2) is 34.2 Å². The first kappa shape index (κ1) is 19.2. The Hall–Kier alpha value is -3.15. The normalized spacial score (nSPS) is 16.6. The SMILES string of the molecule is Cc1ccc(CNC(=O)N2CCCC(Cc3noc(-c4ccccc4)n3)C2)cc1. The predicted molar refractivity (Wildman–Crippen MR) is 111 cm³/mol. The predicted octanol–water partition coefficient (Wildman–Crippen LogP) is 4.21. The van der Waals surface area contributed by atoms with Crippen LogP contribution in [0.1, 0.15) is 29.8 Å². The van der Waals surface area contributed by atoms with Gasteiger partial charge < -0.3 is 14.7 Å². The van der Waals surface area contributed by atoms with Crippen molar-refractivity contribution in [2.45, 2.75) is 32.7 Å². The number of benzene rings is 2. The second-order valence-electron chi connectivity index (χ2n) is 7.68. The van der Waals surface area contributed by atoms with Crippen molar-refractivity contribution in [3.63, 3.8) is 0 Å². The third-order valence-electron chi connectivity index (χ3n) is 5.33. The van der Waals surface area contributed by atoms with E-state index in [0.717, 1.165) is 43.5 Å². The van der Waals surface area contributed by atoms with Gasteiger partial charge in [0, 0.05) is 31.6 Å². The summed E-state index contributed by atoms with van der Waals surface area (Å²) < 4.78 is 5.41. The van der Waals surface area contributed by atoms with Crippen LogP contribution in [0.4, 0.5) is 4.79 Å². The van der Waals surface area contributed by atoms with Gasteiger partial charge in [0.05, 0.1) is 0 Å². The Labute approximate surface area is 170 Å². The van der Waals surface area contributed by atoms with Crippen LogP contribution < -0.4 is 5.32 Å². The fourth-order valence-corrected chi connectivity index (χ4v) is 3.70. The average molecular weight is 390 g/mol. The molecule has 2 aromatic carbocycles. The molecule has 0 bridgehead atoms. The van der Waals surface area contributed by atoms with Crippen molar-refractivity contribution >= 4 is 6.03 Å². The molecule has 0 radical (unpaired) electrons. The van der Waals surface area contributed by atoms with Gasteiger partial charge in [-0.3, -0.25) is 0 Å². The number of hydrogen-bond acceptors (Lipinski definition) is 4. The summed E-state index contributed by atoms with van der Waals surface area (Å²) in [6.45, 7) is 4.11. The molecule has 0 spiro atoms. The van der Waals surface area contributed by atoms with E-state index in [1.165, 1.54) is 5.56 Å². The molecule has 1 atom stereocenters. The van der Waals surface area contributed by atoms with Gasteiger partial charge in [0.25, 0.3) is 5.89 Å². The lowest BCUT2D eigenvalue weighted by molar-refractivity contribution is 0.164. The summed E-state index contributed by atoms with van der Waals surface area (Å²) in [6, 6.07) is 18.0. The van der Waals surface area contributed by atoms with Gasteiger partial charge in [0.15, 0.2) is 5.82 Å². The maximum Gasteiger partial charge on any atom is 0.317 e. The van der Waals surface area contributed by atoms with Crippen molar-refractivity contribution in [2.75, 3.05) is 13.1 Å². The van der Waals surface area contributed by atoms with Crippen LogP contribution >= 0.6 is 0 Å². The first-order chi connectivity index (χ1) is 14.2. The Morgan fingerprint density at radius 1 is 1.17 bits per heavy atom. The van der Waals surface area contributed by atoms with E-state index in [9.17, 15) is 4.79 Å². The number of nitrogens with zero attached hydrogens (tertiary/aromatic N) is 3. The summed E-state index contributed by atoms with van der Waals surface area (Å²) in [5.74, 6) is 1.59. The van der Waals surface area contributed by atoms with Crippen LogP contribution in [0.15, 0.2) is 59.1 Å². The van der Waals surface area contributed by atoms with Gasteiger partial charge >= 0.3 is 6.03 Å². The summed E-state index contributed by atoms with van der Waals surface area (Å²) in [7, 11) is 0. The molecule has 6 nitrogen and oxygen atoms in total. The number of amides is 2. The number of rotatable bonds is 5. The van der Waals surface area contributed by atoms with Crippen molar-refractivity contribution in [3.8, 4) is 11.5 Å². The average Bonchev–Trinajstić information content (AvgIpc) is 3.22. The number of carbonyl (C=O) groups excluding carboxylic acids is 1. The second kappa shape index (κ2) is 8.90. The van der Waals surface area contributed by atoms with Crippen LogP contribution in [0.3, 0.4) is 0 Å². The number of nitrogens with one attached hydrogen (secondary N) is 1. The molecule has 1 saturated heterocycles. The minimum absolute atomic E-state index is 0.00615. The van der Waals surface area contributed by atoms with Crippen LogP contribution in [0.25, 0.3) is 11.5 Å². The number of urea groups is 1. The Bertz CT molecular complexity index is 937. The summed E-state index contributed by atoms with van der Waals surface area (Å²) in [5, 5.41) is 7.17. The van der Waals surface area contributed by atoms with Crippen LogP contribution in [-0.2, 0) is 13.0 Å². The topological polar surface area (TPSA) is 71.3 Å². The zero-order chi connectivity index (χ0) is 20.1. The van der Waals surface area contributed by atoms with Gasteiger partial charge in [-0.1, -0.05) is 53.2 Å². The van der Waals surface area contributed by atoms with E-state index in [2.05, 4.69) is 46.6 Å². The largest absolute Gasteiger partial charge is 0.334 e. The summed E-state index contributed by atoms with van der Waals surface area (Å²) in [6.07, 6.45) is 2.78. The zero-order valence-corrected chi connectivity index (χ0v) is 16.7. The van der Waals surface area contributed by atoms with E-state index < -0.39 is 0 Å². The fourth-order valence-electron chi connectivity index (χ4n) is 3.70. The molecule has 4 rings (SSSR count). The van der Waals surface area contributed by atoms with Gasteiger partial charge in [-0.05, 0) is 43.4 Å². The Kier molecular flexibility index (Phi) is 5.89. The fraction of sp³-hybridized carbons (Fsp3) is 0.348. The molecule has 29 heavy (non-hydrogen) atoms. The lowest BCUT2D eigenvalue weighted by Gasteiger charge is -2.32. The molecule has 3 aromatic rings. The highest BCUT2D eigenvalue weighted by Crippen LogP contribution is 2.22. The molecular weight excluding hydrogens is 364 g/mol. The molecular formula is C23H26N4O2. The van der Waals surface area contributed by atoms with Crippen LogP contribution in [0, 0.1) is 12.8 Å². The number of carbonyl (C=O) groups is 1. The number of aryl methyl sites for hydroxylation is 1. The van der Waals surface area contributed by atoms with Gasteiger partial charge in [-0.15, -0.1) is 0 Å². The maximum absolute atomic E-state index is 12.6. The van der Waals surface area contributed by atoms with E-state index in [0.29, 0.717) is 24.2 Å². The van der Waals surface area contributed by atoms with Crippen molar-refractivity contribution in [3.05, 3.63) is 71.5 Å². The summed E-state index contributed by atoms with van der Waals surface area (Å²) >= 11 is 0. The van der Waals surface area contributed by atoms with Crippen LogP contribution in [0.2, 0.25) is 0 Å². The molecule has 6 heteroatoms. The number of likely N-dealkylation sites (tertiary alicyclic amines) is 1. The Morgan fingerprint density at radius 2 is 1.97 bits per heavy atom. The summed E-state index contributed by atoms with van der Waals surface area (Å²) in [4.78, 5) is 19.0. The van der Waals surface area contributed by atoms with Gasteiger partial charge in [-0.2, -0.15) is 4.98 Å². The van der Waals surface area contributed by atoms with Gasteiger partial charge in [0.1, 0.15) is 0 Å². The van der Waals surface area contributed by atoms with E-state index >= 15 is 0 Å². The van der Waals surface area contributed by atoms with E-state index in [1.54, 1.807) is 0 Å². The smallest absolute Gasteiger partial charge is 0.317 e. The molecule has 1 fully saturated rings. The minimum atomic E-state index is -0.00615. The molecule has 0 aliphatic carbocycles. The number of piperidine rings is 1. The number of aromatic nitrogens is 2. The third kappa shape index (κ3) is 5.02. The van der Waals surface area contributed by atoms with Gasteiger partial charge in [-0.25, -0.2) is 4.79 Å². The molecule has 1 aliphatic heterocycles. The maximum atomic E-state index is 12.6. The van der Waals surface area contributed by atoms with Crippen molar-refractivity contribution in [1.82, 2.24) is 20.4 Å². The van der Waals surface area contributed by atoms with Gasteiger partial charge in [0.2, 0.25) is 0 Å². The van der Waals surface area contributed by atoms with Crippen LogP contribution in [0.5, 0.6) is 0 Å². The first-order valence-electron chi connectivity index (χ1n) is 10.1. The standard InChI is InChI=1S/C23H26N4O2/c1-17-9-11-18(12-10-17)15-24-23(28)27-13-5-6-19(16-27)14-21-25-22(29-26-21)20-7-3-2-4-8-20/h2-4,7-12,19H,5-6,13-16H2,1H3,(H,24,28). The Morgan fingerprint density at radius 3 is 2.76 bits per heavy atom. The molecule has 2 amide bonds. The molecule has 1 aromatic heterocycles. The lowest BCUT2D eigenvalue weighted by Crippen LogP contribution is -2.45. The second-order valence-corrected chi connectivity index (χ2v) is 7.68. The van der Waals surface area contributed by atoms with E-state index in [-0.39, 0.29) is 6.03 Å². The van der Waals surface area contributed by atoms with Crippen molar-refractivity contribution in [1.29, 1.82) is 0 Å². The molecule has 0 saturated carbocycles. The van der Waals surface area contributed by atoms with E-state index in [1.807, 2.05) is 35.2 Å². The highest BCUT2D eigenvalue weighted by Gasteiger charge is 2.25. The highest BCUT2D eigenvalue weighted by atomic mass is 16.5. The molecule has 1 unspecified atom stereocenters. The number of hydrogen-bond donors (Lipinski definition) is 1. The van der Waals surface area contributed by atoms with Crippen molar-refractivity contribution < 1.29 is 9.32 Å². The molecule has 150 valence electrons. The third-order valence-corrected chi connectivity index (χ3v) is 5.33. The molecule has 1 aliphatic rings. The molecule has 2 heterocycles. The zero-order valence-electron chi connectivity index (χ0n) is 16.7. The van der Waals surface area contributed by atoms with Crippen molar-refractivity contribution in [2.24, 2.45) is 5.92 Å². The monoisotopic (exact) mass is 390 g/mol. The summed E-state index contributed by atoms with van der Waals surface area (Å²) in [5.41, 5.74) is 3.25. The molecule has 1 N–H and O–H groups in total.